The molecule has 4 heteroatoms. The van der Waals surface area contributed by atoms with Crippen molar-refractivity contribution in [3.05, 3.63) is 63.8 Å². The summed E-state index contributed by atoms with van der Waals surface area (Å²) >= 11 is 0. The van der Waals surface area contributed by atoms with Gasteiger partial charge in [0.15, 0.2) is 0 Å². The molecule has 0 saturated heterocycles. The second-order valence-corrected chi connectivity index (χ2v) is 4.21. The highest BCUT2D eigenvalue weighted by molar-refractivity contribution is 5.15. The first-order chi connectivity index (χ1) is 8.78. The van der Waals surface area contributed by atoms with Crippen molar-refractivity contribution in [1.82, 2.24) is 9.97 Å². The maximum atomic E-state index is 11.5. The highest BCUT2D eigenvalue weighted by Crippen LogP contribution is 2.03. The van der Waals surface area contributed by atoms with Gasteiger partial charge < -0.3 is 10.7 Å². The molecule has 18 heavy (non-hydrogen) atoms. The quantitative estimate of drug-likeness (QED) is 0.824. The molecule has 0 aliphatic carbocycles. The molecule has 1 aromatic carbocycles. The third-order valence-corrected chi connectivity index (χ3v) is 2.74. The van der Waals surface area contributed by atoms with Crippen LogP contribution in [0.5, 0.6) is 0 Å². The molecule has 2 aromatic rings. The highest BCUT2D eigenvalue weighted by Gasteiger charge is 2.01. The number of benzene rings is 1. The second kappa shape index (κ2) is 6.12. The Balaban J connectivity index is 2.07. The summed E-state index contributed by atoms with van der Waals surface area (Å²) in [6.07, 6.45) is 2.25. The van der Waals surface area contributed by atoms with Gasteiger partial charge in [-0.05, 0) is 18.5 Å². The van der Waals surface area contributed by atoms with Crippen molar-refractivity contribution in [3.8, 4) is 0 Å². The van der Waals surface area contributed by atoms with E-state index in [-0.39, 0.29) is 5.56 Å². The Bertz CT molecular complexity index is 548. The minimum Gasteiger partial charge on any atom is -0.330 e. The van der Waals surface area contributed by atoms with Crippen molar-refractivity contribution in [1.29, 1.82) is 0 Å². The minimum atomic E-state index is -0.100. The zero-order chi connectivity index (χ0) is 12.8. The minimum absolute atomic E-state index is 0.100. The Kier molecular flexibility index (Phi) is 4.25. The maximum absolute atomic E-state index is 11.5. The first-order valence-corrected chi connectivity index (χ1v) is 6.11. The van der Waals surface area contributed by atoms with Gasteiger partial charge in [0.05, 0.1) is 0 Å². The van der Waals surface area contributed by atoms with Crippen LogP contribution in [0.4, 0.5) is 0 Å². The van der Waals surface area contributed by atoms with Crippen molar-refractivity contribution < 1.29 is 0 Å². The SMILES string of the molecule is NCCc1cc(=O)[nH]c(CCc2ccccc2)n1. The van der Waals surface area contributed by atoms with Crippen molar-refractivity contribution in [2.24, 2.45) is 5.73 Å². The number of H-pyrrole nitrogens is 1. The van der Waals surface area contributed by atoms with Crippen LogP contribution in [0.25, 0.3) is 0 Å². The Morgan fingerprint density at radius 2 is 1.89 bits per heavy atom. The smallest absolute Gasteiger partial charge is 0.251 e. The van der Waals surface area contributed by atoms with E-state index in [1.165, 1.54) is 11.6 Å². The molecule has 0 atom stereocenters. The number of rotatable bonds is 5. The molecule has 0 bridgehead atoms. The van der Waals surface area contributed by atoms with Gasteiger partial charge in [-0.15, -0.1) is 0 Å². The van der Waals surface area contributed by atoms with Gasteiger partial charge in [0.1, 0.15) is 5.82 Å². The summed E-state index contributed by atoms with van der Waals surface area (Å²) in [7, 11) is 0. The highest BCUT2D eigenvalue weighted by atomic mass is 16.1. The molecule has 0 fully saturated rings. The lowest BCUT2D eigenvalue weighted by Crippen LogP contribution is -2.15. The second-order valence-electron chi connectivity index (χ2n) is 4.21. The lowest BCUT2D eigenvalue weighted by Gasteiger charge is -2.03. The molecule has 0 spiro atoms. The number of nitrogens with zero attached hydrogens (tertiary/aromatic N) is 1. The van der Waals surface area contributed by atoms with Crippen molar-refractivity contribution >= 4 is 0 Å². The van der Waals surface area contributed by atoms with Gasteiger partial charge in [-0.25, -0.2) is 4.98 Å². The fourth-order valence-corrected chi connectivity index (χ4v) is 1.86. The predicted octanol–water partition coefficient (Wildman–Crippen LogP) is 1.06. The molecule has 0 amide bonds. The average molecular weight is 243 g/mol. The van der Waals surface area contributed by atoms with E-state index in [1.807, 2.05) is 18.2 Å². The van der Waals surface area contributed by atoms with Gasteiger partial charge >= 0.3 is 0 Å². The molecule has 0 radical (unpaired) electrons. The van der Waals surface area contributed by atoms with Gasteiger partial charge in [0, 0.05) is 24.6 Å². The molecule has 0 aliphatic heterocycles. The lowest BCUT2D eigenvalue weighted by molar-refractivity contribution is 0.807. The molecular weight excluding hydrogens is 226 g/mol. The van der Waals surface area contributed by atoms with E-state index in [1.54, 1.807) is 0 Å². The van der Waals surface area contributed by atoms with E-state index >= 15 is 0 Å². The van der Waals surface area contributed by atoms with Crippen LogP contribution >= 0.6 is 0 Å². The normalized spacial score (nSPS) is 10.5. The summed E-state index contributed by atoms with van der Waals surface area (Å²) < 4.78 is 0. The van der Waals surface area contributed by atoms with Crippen molar-refractivity contribution in [2.75, 3.05) is 6.54 Å². The van der Waals surface area contributed by atoms with Gasteiger partial charge in [0.25, 0.3) is 5.56 Å². The molecule has 4 nitrogen and oxygen atoms in total. The summed E-state index contributed by atoms with van der Waals surface area (Å²) in [6, 6.07) is 11.7. The first kappa shape index (κ1) is 12.5. The van der Waals surface area contributed by atoms with E-state index in [4.69, 9.17) is 5.73 Å². The Labute approximate surface area is 106 Å². The van der Waals surface area contributed by atoms with Crippen LogP contribution in [0.1, 0.15) is 17.1 Å². The van der Waals surface area contributed by atoms with E-state index in [0.29, 0.717) is 13.0 Å². The van der Waals surface area contributed by atoms with Crippen LogP contribution in [0.2, 0.25) is 0 Å². The number of nitrogens with two attached hydrogens (primary N) is 1. The average Bonchev–Trinajstić information content (AvgIpc) is 2.37. The van der Waals surface area contributed by atoms with E-state index in [2.05, 4.69) is 22.1 Å². The first-order valence-electron chi connectivity index (χ1n) is 6.11. The third kappa shape index (κ3) is 3.53. The number of aromatic amines is 1. The number of nitrogens with one attached hydrogen (secondary N) is 1. The van der Waals surface area contributed by atoms with Crippen LogP contribution in [0.3, 0.4) is 0 Å². The number of aryl methyl sites for hydroxylation is 2. The summed E-state index contributed by atoms with van der Waals surface area (Å²) in [5, 5.41) is 0. The van der Waals surface area contributed by atoms with Gasteiger partial charge in [-0.1, -0.05) is 30.3 Å². The van der Waals surface area contributed by atoms with E-state index in [0.717, 1.165) is 24.4 Å². The van der Waals surface area contributed by atoms with Crippen LogP contribution in [-0.4, -0.2) is 16.5 Å². The fourth-order valence-electron chi connectivity index (χ4n) is 1.86. The van der Waals surface area contributed by atoms with Crippen LogP contribution < -0.4 is 11.3 Å². The summed E-state index contributed by atoms with van der Waals surface area (Å²) in [4.78, 5) is 18.6. The standard InChI is InChI=1S/C14H17N3O/c15-9-8-12-10-14(18)17-13(16-12)7-6-11-4-2-1-3-5-11/h1-5,10H,6-9,15H2,(H,16,17,18). The zero-order valence-electron chi connectivity index (χ0n) is 10.2. The van der Waals surface area contributed by atoms with Crippen LogP contribution in [0, 0.1) is 0 Å². The summed E-state index contributed by atoms with van der Waals surface area (Å²) in [6.45, 7) is 0.509. The molecule has 3 N–H and O–H groups in total. The fraction of sp³-hybridized carbons (Fsp3) is 0.286. The Hall–Kier alpha value is -1.94. The summed E-state index contributed by atoms with van der Waals surface area (Å²) in [5.74, 6) is 0.731. The maximum Gasteiger partial charge on any atom is 0.251 e. The van der Waals surface area contributed by atoms with E-state index < -0.39 is 0 Å². The largest absolute Gasteiger partial charge is 0.330 e. The molecule has 1 aromatic heterocycles. The van der Waals surface area contributed by atoms with Crippen LogP contribution in [-0.2, 0) is 19.3 Å². The van der Waals surface area contributed by atoms with E-state index in [9.17, 15) is 4.79 Å². The van der Waals surface area contributed by atoms with Crippen LogP contribution in [0.15, 0.2) is 41.2 Å². The molecule has 94 valence electrons. The molecule has 2 rings (SSSR count). The third-order valence-electron chi connectivity index (χ3n) is 2.74. The lowest BCUT2D eigenvalue weighted by atomic mass is 10.1. The number of aromatic nitrogens is 2. The van der Waals surface area contributed by atoms with Crippen molar-refractivity contribution in [2.45, 2.75) is 19.3 Å². The summed E-state index contributed by atoms with van der Waals surface area (Å²) in [5.41, 5.74) is 7.38. The topological polar surface area (TPSA) is 71.8 Å². The van der Waals surface area contributed by atoms with Gasteiger partial charge in [-0.3, -0.25) is 4.79 Å². The molecule has 0 aliphatic rings. The number of hydrogen-bond acceptors (Lipinski definition) is 3. The number of hydrogen-bond donors (Lipinski definition) is 2. The molecule has 0 saturated carbocycles. The Morgan fingerprint density at radius 1 is 1.11 bits per heavy atom. The molecular formula is C14H17N3O. The zero-order valence-corrected chi connectivity index (χ0v) is 10.2. The van der Waals surface area contributed by atoms with Gasteiger partial charge in [-0.2, -0.15) is 0 Å². The predicted molar refractivity (Wildman–Crippen MR) is 71.5 cm³/mol. The van der Waals surface area contributed by atoms with Gasteiger partial charge in [0.2, 0.25) is 0 Å². The Morgan fingerprint density at radius 3 is 2.61 bits per heavy atom. The monoisotopic (exact) mass is 243 g/mol. The molecule has 1 heterocycles. The molecule has 0 unspecified atom stereocenters. The van der Waals surface area contributed by atoms with Crippen molar-refractivity contribution in [3.63, 3.8) is 0 Å².